The molecule has 3 heteroatoms. The van der Waals surface area contributed by atoms with Gasteiger partial charge in [-0.2, -0.15) is 0 Å². The molecule has 1 heterocycles. The summed E-state index contributed by atoms with van der Waals surface area (Å²) in [4.78, 5) is 13.6. The number of hydrogen-bond acceptors (Lipinski definition) is 1. The quantitative estimate of drug-likeness (QED) is 0.652. The Morgan fingerprint density at radius 1 is 1.73 bits per heavy atom. The molecule has 0 bridgehead atoms. The number of hydrogen-bond donors (Lipinski definition) is 2. The second-order valence-electron chi connectivity index (χ2n) is 2.55. The Morgan fingerprint density at radius 3 is 2.64 bits per heavy atom. The molecule has 60 valence electrons. The molecule has 3 N–H and O–H groups in total. The lowest BCUT2D eigenvalue weighted by Crippen LogP contribution is -2.10. The Labute approximate surface area is 65.6 Å². The normalized spacial score (nSPS) is 10.0. The highest BCUT2D eigenvalue weighted by molar-refractivity contribution is 5.91. The maximum absolute atomic E-state index is 10.7. The van der Waals surface area contributed by atoms with Crippen molar-refractivity contribution in [2.45, 2.75) is 20.3 Å². The minimum absolute atomic E-state index is 0.396. The fraction of sp³-hybridized carbons (Fsp3) is 0.375. The van der Waals surface area contributed by atoms with Gasteiger partial charge < -0.3 is 10.7 Å². The van der Waals surface area contributed by atoms with Crippen molar-refractivity contribution >= 4 is 5.91 Å². The largest absolute Gasteiger partial charge is 0.364 e. The topological polar surface area (TPSA) is 58.9 Å². The molecule has 1 amide bonds. The summed E-state index contributed by atoms with van der Waals surface area (Å²) in [6, 6.07) is 1.80. The molecule has 0 aromatic carbocycles. The molecule has 0 unspecified atom stereocenters. The van der Waals surface area contributed by atoms with Crippen LogP contribution in [0.15, 0.2) is 6.07 Å². The van der Waals surface area contributed by atoms with E-state index < -0.39 is 5.91 Å². The van der Waals surface area contributed by atoms with Gasteiger partial charge in [-0.05, 0) is 25.0 Å². The van der Waals surface area contributed by atoms with E-state index in [1.807, 2.05) is 13.8 Å². The Kier molecular flexibility index (Phi) is 1.98. The summed E-state index contributed by atoms with van der Waals surface area (Å²) < 4.78 is 0. The Hall–Kier alpha value is -1.25. The third kappa shape index (κ3) is 1.42. The fourth-order valence-corrected chi connectivity index (χ4v) is 1.10. The molecule has 0 spiro atoms. The van der Waals surface area contributed by atoms with Gasteiger partial charge in [0.05, 0.1) is 0 Å². The first-order valence-corrected chi connectivity index (χ1v) is 3.63. The van der Waals surface area contributed by atoms with Crippen molar-refractivity contribution in [3.8, 4) is 0 Å². The monoisotopic (exact) mass is 152 g/mol. The van der Waals surface area contributed by atoms with E-state index in [1.54, 1.807) is 6.07 Å². The van der Waals surface area contributed by atoms with Gasteiger partial charge in [-0.25, -0.2) is 0 Å². The number of rotatable bonds is 2. The number of H-pyrrole nitrogens is 1. The molecule has 0 atom stereocenters. The van der Waals surface area contributed by atoms with E-state index in [9.17, 15) is 4.79 Å². The number of carbonyl (C=O) groups is 1. The van der Waals surface area contributed by atoms with Crippen LogP contribution in [0.5, 0.6) is 0 Å². The Bertz CT molecular complexity index is 276. The van der Waals surface area contributed by atoms with E-state index >= 15 is 0 Å². The summed E-state index contributed by atoms with van der Waals surface area (Å²) in [5.41, 5.74) is 7.76. The lowest BCUT2D eigenvalue weighted by Gasteiger charge is -1.88. The standard InChI is InChI=1S/C8H12N2O/c1-3-6-4-7(8(9)11)10-5(6)2/h4,10H,3H2,1-2H3,(H2,9,11). The van der Waals surface area contributed by atoms with Gasteiger partial charge in [0.2, 0.25) is 0 Å². The van der Waals surface area contributed by atoms with Crippen LogP contribution in [-0.4, -0.2) is 10.9 Å². The summed E-state index contributed by atoms with van der Waals surface area (Å²) in [5.74, 6) is -0.396. The number of carbonyl (C=O) groups excluding carboxylic acids is 1. The average Bonchev–Trinajstić information content (AvgIpc) is 2.31. The van der Waals surface area contributed by atoms with Gasteiger partial charge in [0.1, 0.15) is 5.69 Å². The summed E-state index contributed by atoms with van der Waals surface area (Å²) in [6.07, 6.45) is 0.926. The first-order chi connectivity index (χ1) is 5.15. The van der Waals surface area contributed by atoms with Crippen LogP contribution < -0.4 is 5.73 Å². The van der Waals surface area contributed by atoms with Crippen LogP contribution in [0.25, 0.3) is 0 Å². The molecule has 1 aromatic heterocycles. The molecule has 1 aromatic rings. The number of nitrogens with two attached hydrogens (primary N) is 1. The van der Waals surface area contributed by atoms with E-state index in [-0.39, 0.29) is 0 Å². The minimum atomic E-state index is -0.396. The molecule has 0 saturated carbocycles. The second-order valence-corrected chi connectivity index (χ2v) is 2.55. The number of amides is 1. The van der Waals surface area contributed by atoms with Crippen LogP contribution in [-0.2, 0) is 6.42 Å². The summed E-state index contributed by atoms with van der Waals surface area (Å²) >= 11 is 0. The van der Waals surface area contributed by atoms with E-state index in [0.717, 1.165) is 17.7 Å². The van der Waals surface area contributed by atoms with Crippen molar-refractivity contribution in [2.24, 2.45) is 5.73 Å². The van der Waals surface area contributed by atoms with Crippen molar-refractivity contribution < 1.29 is 4.79 Å². The Balaban J connectivity index is 3.05. The highest BCUT2D eigenvalue weighted by Gasteiger charge is 2.05. The fourth-order valence-electron chi connectivity index (χ4n) is 1.10. The third-order valence-corrected chi connectivity index (χ3v) is 1.77. The molecular formula is C8H12N2O. The molecule has 0 radical (unpaired) electrons. The Morgan fingerprint density at radius 2 is 2.36 bits per heavy atom. The molecule has 0 saturated heterocycles. The molecule has 3 nitrogen and oxygen atoms in total. The van der Waals surface area contributed by atoms with Gasteiger partial charge in [0, 0.05) is 5.69 Å². The van der Waals surface area contributed by atoms with Crippen molar-refractivity contribution in [3.05, 3.63) is 23.0 Å². The van der Waals surface area contributed by atoms with Crippen molar-refractivity contribution in [1.29, 1.82) is 0 Å². The van der Waals surface area contributed by atoms with Crippen LogP contribution in [0.2, 0.25) is 0 Å². The molecule has 0 fully saturated rings. The van der Waals surface area contributed by atoms with Crippen molar-refractivity contribution in [1.82, 2.24) is 4.98 Å². The maximum Gasteiger partial charge on any atom is 0.265 e. The third-order valence-electron chi connectivity index (χ3n) is 1.77. The van der Waals surface area contributed by atoms with Crippen LogP contribution in [0.4, 0.5) is 0 Å². The molecule has 0 aliphatic carbocycles. The van der Waals surface area contributed by atoms with Gasteiger partial charge >= 0.3 is 0 Å². The zero-order valence-electron chi connectivity index (χ0n) is 6.77. The van der Waals surface area contributed by atoms with Crippen LogP contribution in [0, 0.1) is 6.92 Å². The predicted molar refractivity (Wildman–Crippen MR) is 43.4 cm³/mol. The maximum atomic E-state index is 10.7. The summed E-state index contributed by atoms with van der Waals surface area (Å²) in [7, 11) is 0. The molecule has 1 rings (SSSR count). The van der Waals surface area contributed by atoms with Gasteiger partial charge in [-0.15, -0.1) is 0 Å². The highest BCUT2D eigenvalue weighted by atomic mass is 16.1. The van der Waals surface area contributed by atoms with Gasteiger partial charge in [-0.1, -0.05) is 6.92 Å². The van der Waals surface area contributed by atoms with Crippen LogP contribution in [0.3, 0.4) is 0 Å². The van der Waals surface area contributed by atoms with Gasteiger partial charge in [0.25, 0.3) is 5.91 Å². The molecule has 0 aliphatic heterocycles. The number of aryl methyl sites for hydroxylation is 2. The average molecular weight is 152 g/mol. The van der Waals surface area contributed by atoms with Crippen molar-refractivity contribution in [2.75, 3.05) is 0 Å². The number of nitrogens with one attached hydrogen (secondary N) is 1. The summed E-state index contributed by atoms with van der Waals surface area (Å²) in [6.45, 7) is 3.98. The van der Waals surface area contributed by atoms with Crippen LogP contribution in [0.1, 0.15) is 28.7 Å². The van der Waals surface area contributed by atoms with Crippen molar-refractivity contribution in [3.63, 3.8) is 0 Å². The number of aromatic amines is 1. The predicted octanol–water partition coefficient (Wildman–Crippen LogP) is 0.984. The first kappa shape index (κ1) is 7.85. The number of aromatic nitrogens is 1. The van der Waals surface area contributed by atoms with E-state index in [1.165, 1.54) is 0 Å². The lowest BCUT2D eigenvalue weighted by molar-refractivity contribution is 0.0996. The molecule has 11 heavy (non-hydrogen) atoms. The smallest absolute Gasteiger partial charge is 0.265 e. The molecule has 0 aliphatic rings. The van der Waals surface area contributed by atoms with E-state index in [0.29, 0.717) is 5.69 Å². The van der Waals surface area contributed by atoms with Gasteiger partial charge in [-0.3, -0.25) is 4.79 Å². The second kappa shape index (κ2) is 2.78. The SMILES string of the molecule is CCc1cc(C(N)=O)[nH]c1C. The zero-order valence-corrected chi connectivity index (χ0v) is 6.77. The first-order valence-electron chi connectivity index (χ1n) is 3.63. The zero-order chi connectivity index (χ0) is 8.43. The van der Waals surface area contributed by atoms with E-state index in [2.05, 4.69) is 4.98 Å². The van der Waals surface area contributed by atoms with Gasteiger partial charge in [0.15, 0.2) is 0 Å². The lowest BCUT2D eigenvalue weighted by atomic mass is 10.2. The van der Waals surface area contributed by atoms with Crippen LogP contribution >= 0.6 is 0 Å². The molecular weight excluding hydrogens is 140 g/mol. The highest BCUT2D eigenvalue weighted by Crippen LogP contribution is 2.09. The summed E-state index contributed by atoms with van der Waals surface area (Å²) in [5, 5.41) is 0. The number of primary amides is 1. The van der Waals surface area contributed by atoms with E-state index in [4.69, 9.17) is 5.73 Å². The minimum Gasteiger partial charge on any atom is -0.364 e.